The van der Waals surface area contributed by atoms with Crippen molar-refractivity contribution in [1.29, 1.82) is 0 Å². The maximum atomic E-state index is 12.8. The molecule has 4 rings (SSSR count). The minimum Gasteiger partial charge on any atom is -0.494 e. The van der Waals surface area contributed by atoms with Crippen molar-refractivity contribution in [2.24, 2.45) is 0 Å². The average Bonchev–Trinajstić information content (AvgIpc) is 3.26. The molecule has 0 aromatic heterocycles. The Balaban J connectivity index is 1.25. The number of fused-ring (bicyclic) bond motifs is 1. The molecule has 3 amide bonds. The molecule has 0 saturated carbocycles. The Bertz CT molecular complexity index is 1060. The van der Waals surface area contributed by atoms with Gasteiger partial charge in [-0.15, -0.1) is 0 Å². The molecule has 1 unspecified atom stereocenters. The van der Waals surface area contributed by atoms with Crippen molar-refractivity contribution in [3.8, 4) is 5.75 Å². The number of rotatable bonds is 7. The molecular weight excluding hydrogens is 465 g/mol. The number of benzene rings is 2. The summed E-state index contributed by atoms with van der Waals surface area (Å²) in [5.74, 6) is 0.445. The van der Waals surface area contributed by atoms with Crippen LogP contribution in [0.4, 0.5) is 11.4 Å². The third kappa shape index (κ3) is 5.97. The van der Waals surface area contributed by atoms with E-state index in [0.717, 1.165) is 23.4 Å². The van der Waals surface area contributed by atoms with Crippen LogP contribution >= 0.6 is 23.2 Å². The van der Waals surface area contributed by atoms with Crippen molar-refractivity contribution < 1.29 is 19.1 Å². The van der Waals surface area contributed by atoms with Crippen LogP contribution in [0.2, 0.25) is 10.0 Å². The van der Waals surface area contributed by atoms with Gasteiger partial charge in [0.25, 0.3) is 0 Å². The fraction of sp³-hybridized carbons (Fsp3) is 0.375. The monoisotopic (exact) mass is 489 g/mol. The lowest BCUT2D eigenvalue weighted by molar-refractivity contribution is -0.136. The molecule has 0 aliphatic carbocycles. The highest BCUT2D eigenvalue weighted by molar-refractivity contribution is 6.35. The predicted molar refractivity (Wildman–Crippen MR) is 128 cm³/mol. The van der Waals surface area contributed by atoms with Crippen LogP contribution in [0.25, 0.3) is 0 Å². The van der Waals surface area contributed by atoms with E-state index < -0.39 is 6.04 Å². The molecule has 0 radical (unpaired) electrons. The molecule has 1 atom stereocenters. The van der Waals surface area contributed by atoms with Crippen molar-refractivity contribution in [2.45, 2.75) is 44.6 Å². The summed E-state index contributed by atoms with van der Waals surface area (Å²) in [6.07, 6.45) is 3.40. The van der Waals surface area contributed by atoms with Crippen LogP contribution in [-0.2, 0) is 20.8 Å². The first-order valence-corrected chi connectivity index (χ1v) is 11.8. The van der Waals surface area contributed by atoms with Gasteiger partial charge in [-0.1, -0.05) is 23.2 Å². The van der Waals surface area contributed by atoms with Crippen LogP contribution in [0.1, 0.15) is 37.7 Å². The Labute approximate surface area is 202 Å². The van der Waals surface area contributed by atoms with Gasteiger partial charge in [-0.3, -0.25) is 14.4 Å². The third-order valence-electron chi connectivity index (χ3n) is 5.78. The van der Waals surface area contributed by atoms with Crippen LogP contribution in [0.3, 0.4) is 0 Å². The number of amides is 3. The van der Waals surface area contributed by atoms with E-state index in [1.54, 1.807) is 23.1 Å². The number of aryl methyl sites for hydroxylation is 1. The summed E-state index contributed by atoms with van der Waals surface area (Å²) in [6.45, 7) is 0.952. The number of likely N-dealkylation sites (tertiary alicyclic amines) is 1. The van der Waals surface area contributed by atoms with E-state index in [-0.39, 0.29) is 17.7 Å². The number of carbonyl (C=O) groups is 3. The number of nitrogens with zero attached hydrogens (tertiary/aromatic N) is 1. The van der Waals surface area contributed by atoms with E-state index in [2.05, 4.69) is 10.6 Å². The summed E-state index contributed by atoms with van der Waals surface area (Å²) in [6, 6.07) is 9.92. The maximum absolute atomic E-state index is 12.8. The second-order valence-corrected chi connectivity index (χ2v) is 9.08. The molecule has 2 aliphatic heterocycles. The van der Waals surface area contributed by atoms with E-state index in [0.29, 0.717) is 61.0 Å². The molecular formula is C24H25Cl2N3O4. The van der Waals surface area contributed by atoms with Crippen molar-refractivity contribution in [3.63, 3.8) is 0 Å². The van der Waals surface area contributed by atoms with Crippen molar-refractivity contribution in [1.82, 2.24) is 4.90 Å². The summed E-state index contributed by atoms with van der Waals surface area (Å²) in [5, 5.41) is 6.52. The van der Waals surface area contributed by atoms with Crippen LogP contribution in [0, 0.1) is 0 Å². The first-order valence-electron chi connectivity index (χ1n) is 11.0. The zero-order chi connectivity index (χ0) is 23.4. The minimum absolute atomic E-state index is 0.0277. The quantitative estimate of drug-likeness (QED) is 0.553. The minimum atomic E-state index is -0.507. The van der Waals surface area contributed by atoms with Gasteiger partial charge >= 0.3 is 0 Å². The fourth-order valence-electron chi connectivity index (χ4n) is 4.20. The van der Waals surface area contributed by atoms with Crippen LogP contribution in [0.5, 0.6) is 5.75 Å². The van der Waals surface area contributed by atoms with Gasteiger partial charge in [0.05, 0.1) is 6.61 Å². The number of nitrogens with one attached hydrogen (secondary N) is 2. The van der Waals surface area contributed by atoms with Crippen LogP contribution in [-0.4, -0.2) is 41.8 Å². The largest absolute Gasteiger partial charge is 0.494 e. The van der Waals surface area contributed by atoms with Gasteiger partial charge in [0.15, 0.2) is 0 Å². The molecule has 2 aliphatic rings. The highest BCUT2D eigenvalue weighted by atomic mass is 35.5. The van der Waals surface area contributed by atoms with E-state index in [9.17, 15) is 14.4 Å². The zero-order valence-electron chi connectivity index (χ0n) is 18.0. The lowest BCUT2D eigenvalue weighted by Crippen LogP contribution is -2.43. The molecule has 2 N–H and O–H groups in total. The molecule has 9 heteroatoms. The molecule has 2 aromatic rings. The van der Waals surface area contributed by atoms with Gasteiger partial charge in [0.2, 0.25) is 17.7 Å². The lowest BCUT2D eigenvalue weighted by Gasteiger charge is -2.24. The molecule has 2 aromatic carbocycles. The first kappa shape index (κ1) is 23.4. The Morgan fingerprint density at radius 1 is 1.12 bits per heavy atom. The second kappa shape index (κ2) is 10.4. The molecule has 0 bridgehead atoms. The predicted octanol–water partition coefficient (Wildman–Crippen LogP) is 4.67. The second-order valence-electron chi connectivity index (χ2n) is 8.21. The van der Waals surface area contributed by atoms with Gasteiger partial charge < -0.3 is 20.3 Å². The molecule has 174 valence electrons. The highest BCUT2D eigenvalue weighted by Crippen LogP contribution is 2.27. The van der Waals surface area contributed by atoms with Crippen molar-refractivity contribution in [3.05, 3.63) is 52.0 Å². The van der Waals surface area contributed by atoms with Gasteiger partial charge in [-0.05, 0) is 67.6 Å². The summed E-state index contributed by atoms with van der Waals surface area (Å²) >= 11 is 12.0. The number of hydrogen-bond donors (Lipinski definition) is 2. The highest BCUT2D eigenvalue weighted by Gasteiger charge is 2.33. The SMILES string of the molecule is O=C1CCc2cc(OCCCC(=O)N3CCCC3C(=O)Nc3cc(Cl)cc(Cl)c3)ccc2N1. The average molecular weight is 490 g/mol. The van der Waals surface area contributed by atoms with E-state index in [1.807, 2.05) is 18.2 Å². The Hall–Kier alpha value is -2.77. The van der Waals surface area contributed by atoms with Crippen molar-refractivity contribution in [2.75, 3.05) is 23.8 Å². The number of carbonyl (C=O) groups excluding carboxylic acids is 3. The van der Waals surface area contributed by atoms with Crippen LogP contribution in [0.15, 0.2) is 36.4 Å². The lowest BCUT2D eigenvalue weighted by atomic mass is 10.0. The topological polar surface area (TPSA) is 87.7 Å². The molecule has 1 fully saturated rings. The van der Waals surface area contributed by atoms with E-state index in [1.165, 1.54) is 0 Å². The summed E-state index contributed by atoms with van der Waals surface area (Å²) < 4.78 is 5.80. The normalized spacial score (nSPS) is 17.3. The number of ether oxygens (including phenoxy) is 1. The van der Waals surface area contributed by atoms with Gasteiger partial charge in [-0.2, -0.15) is 0 Å². The van der Waals surface area contributed by atoms with Gasteiger partial charge in [0, 0.05) is 40.8 Å². The molecule has 1 saturated heterocycles. The summed E-state index contributed by atoms with van der Waals surface area (Å²) in [7, 11) is 0. The van der Waals surface area contributed by atoms with E-state index in [4.69, 9.17) is 27.9 Å². The van der Waals surface area contributed by atoms with Crippen LogP contribution < -0.4 is 15.4 Å². The fourth-order valence-corrected chi connectivity index (χ4v) is 4.72. The van der Waals surface area contributed by atoms with Gasteiger partial charge in [0.1, 0.15) is 11.8 Å². The Morgan fingerprint density at radius 2 is 1.91 bits per heavy atom. The third-order valence-corrected chi connectivity index (χ3v) is 6.22. The molecule has 33 heavy (non-hydrogen) atoms. The summed E-state index contributed by atoms with van der Waals surface area (Å²) in [5.41, 5.74) is 2.39. The van der Waals surface area contributed by atoms with Crippen molar-refractivity contribution >= 4 is 52.3 Å². The molecule has 7 nitrogen and oxygen atoms in total. The van der Waals surface area contributed by atoms with E-state index >= 15 is 0 Å². The first-order chi connectivity index (χ1) is 15.9. The Morgan fingerprint density at radius 3 is 2.70 bits per heavy atom. The van der Waals surface area contributed by atoms with Gasteiger partial charge in [-0.25, -0.2) is 0 Å². The maximum Gasteiger partial charge on any atom is 0.247 e. The number of hydrogen-bond acceptors (Lipinski definition) is 4. The zero-order valence-corrected chi connectivity index (χ0v) is 19.5. The Kier molecular flexibility index (Phi) is 7.40. The number of halogens is 2. The molecule has 2 heterocycles. The summed E-state index contributed by atoms with van der Waals surface area (Å²) in [4.78, 5) is 38.6. The smallest absolute Gasteiger partial charge is 0.247 e. The number of anilines is 2. The standard InChI is InChI=1S/C24H25Cl2N3O4/c25-16-12-17(26)14-18(13-16)27-24(32)21-3-1-9-29(21)23(31)4-2-10-33-19-6-7-20-15(11-19)5-8-22(30)28-20/h6-7,11-14,21H,1-5,8-10H2,(H,27,32)(H,28,30). The molecule has 0 spiro atoms.